The highest BCUT2D eigenvalue weighted by Gasteiger charge is 2.22. The van der Waals surface area contributed by atoms with Crippen molar-refractivity contribution >= 4 is 5.82 Å². The summed E-state index contributed by atoms with van der Waals surface area (Å²) in [5, 5.41) is 3.57. The summed E-state index contributed by atoms with van der Waals surface area (Å²) in [6.07, 6.45) is 5.33. The fourth-order valence-electron chi connectivity index (χ4n) is 3.01. The van der Waals surface area contributed by atoms with E-state index in [-0.39, 0.29) is 5.56 Å². The van der Waals surface area contributed by atoms with Crippen LogP contribution in [0.5, 0.6) is 5.75 Å². The molecule has 6 heteroatoms. The average molecular weight is 314 g/mol. The third-order valence-electron chi connectivity index (χ3n) is 4.18. The second kappa shape index (κ2) is 7.28. The van der Waals surface area contributed by atoms with Crippen LogP contribution in [-0.2, 0) is 6.54 Å². The molecule has 6 nitrogen and oxygen atoms in total. The number of anilines is 1. The van der Waals surface area contributed by atoms with Gasteiger partial charge in [-0.3, -0.25) is 4.79 Å². The van der Waals surface area contributed by atoms with Crippen LogP contribution in [0, 0.1) is 0 Å². The van der Waals surface area contributed by atoms with Gasteiger partial charge in [-0.2, -0.15) is 0 Å². The lowest BCUT2D eigenvalue weighted by atomic mass is 10.1. The van der Waals surface area contributed by atoms with Crippen molar-refractivity contribution in [2.24, 2.45) is 0 Å². The maximum Gasteiger partial charge on any atom is 0.290 e. The topological polar surface area (TPSA) is 70.2 Å². The molecular formula is C17H22N4O2. The van der Waals surface area contributed by atoms with Crippen LogP contribution in [0.25, 0.3) is 0 Å². The van der Waals surface area contributed by atoms with Gasteiger partial charge >= 0.3 is 0 Å². The Kier molecular flexibility index (Phi) is 4.92. The van der Waals surface area contributed by atoms with E-state index in [1.54, 1.807) is 19.5 Å². The molecule has 0 unspecified atom stereocenters. The van der Waals surface area contributed by atoms with Crippen molar-refractivity contribution in [1.82, 2.24) is 15.3 Å². The van der Waals surface area contributed by atoms with Gasteiger partial charge in [-0.15, -0.1) is 0 Å². The van der Waals surface area contributed by atoms with Crippen LogP contribution in [0.3, 0.4) is 0 Å². The van der Waals surface area contributed by atoms with E-state index in [2.05, 4.69) is 26.3 Å². The third kappa shape index (κ3) is 3.71. The van der Waals surface area contributed by atoms with Crippen molar-refractivity contribution in [1.29, 1.82) is 0 Å². The Balaban J connectivity index is 1.63. The number of methoxy groups -OCH3 is 1. The number of hydrogen-bond acceptors (Lipinski definition) is 5. The van der Waals surface area contributed by atoms with Crippen molar-refractivity contribution in [2.45, 2.75) is 25.4 Å². The second-order valence-corrected chi connectivity index (χ2v) is 5.72. The zero-order valence-corrected chi connectivity index (χ0v) is 13.3. The summed E-state index contributed by atoms with van der Waals surface area (Å²) >= 11 is 0. The van der Waals surface area contributed by atoms with Crippen LogP contribution < -0.4 is 20.5 Å². The third-order valence-corrected chi connectivity index (χ3v) is 4.18. The van der Waals surface area contributed by atoms with E-state index in [1.807, 2.05) is 18.2 Å². The minimum atomic E-state index is -0.127. The number of nitrogens with zero attached hydrogens (tertiary/aromatic N) is 2. The molecule has 1 saturated heterocycles. The molecule has 1 aliphatic heterocycles. The molecule has 1 atom stereocenters. The number of piperidine rings is 1. The van der Waals surface area contributed by atoms with Gasteiger partial charge in [0.25, 0.3) is 5.56 Å². The Morgan fingerprint density at radius 3 is 3.13 bits per heavy atom. The number of hydrogen-bond donors (Lipinski definition) is 2. The van der Waals surface area contributed by atoms with Crippen LogP contribution in [0.15, 0.2) is 41.5 Å². The Labute approximate surface area is 135 Å². The molecular weight excluding hydrogens is 292 g/mol. The van der Waals surface area contributed by atoms with E-state index in [0.29, 0.717) is 11.9 Å². The Morgan fingerprint density at radius 1 is 1.43 bits per heavy atom. The zero-order chi connectivity index (χ0) is 16.1. The molecule has 1 fully saturated rings. The van der Waals surface area contributed by atoms with Crippen molar-refractivity contribution in [3.63, 3.8) is 0 Å². The van der Waals surface area contributed by atoms with Crippen LogP contribution in [0.4, 0.5) is 5.82 Å². The number of benzene rings is 1. The first kappa shape index (κ1) is 15.6. The van der Waals surface area contributed by atoms with E-state index in [4.69, 9.17) is 4.74 Å². The number of rotatable bonds is 5. The summed E-state index contributed by atoms with van der Waals surface area (Å²) in [5.74, 6) is 1.41. The molecule has 0 bridgehead atoms. The summed E-state index contributed by atoms with van der Waals surface area (Å²) in [4.78, 5) is 20.9. The SMILES string of the molecule is COc1ccccc1CN[C@@H]1CCCN(c2ncc[nH]c2=O)C1. The van der Waals surface area contributed by atoms with Crippen molar-refractivity contribution in [2.75, 3.05) is 25.1 Å². The summed E-state index contributed by atoms with van der Waals surface area (Å²) in [5.41, 5.74) is 1.01. The number of nitrogens with one attached hydrogen (secondary N) is 2. The van der Waals surface area contributed by atoms with E-state index in [9.17, 15) is 4.79 Å². The summed E-state index contributed by atoms with van der Waals surface area (Å²) < 4.78 is 5.39. The van der Waals surface area contributed by atoms with Crippen LogP contribution in [0.1, 0.15) is 18.4 Å². The fraction of sp³-hybridized carbons (Fsp3) is 0.412. The number of ether oxygens (including phenoxy) is 1. The first-order valence-electron chi connectivity index (χ1n) is 7.92. The molecule has 0 spiro atoms. The van der Waals surface area contributed by atoms with Gasteiger partial charge in [-0.05, 0) is 18.9 Å². The molecule has 0 saturated carbocycles. The van der Waals surface area contributed by atoms with Crippen LogP contribution in [-0.4, -0.2) is 36.2 Å². The lowest BCUT2D eigenvalue weighted by molar-refractivity contribution is 0.394. The Hall–Kier alpha value is -2.34. The molecule has 2 heterocycles. The minimum Gasteiger partial charge on any atom is -0.496 e. The monoisotopic (exact) mass is 314 g/mol. The summed E-state index contributed by atoms with van der Waals surface area (Å²) in [6.45, 7) is 2.41. The molecule has 3 rings (SSSR count). The number of aromatic amines is 1. The molecule has 2 aromatic rings. The van der Waals surface area contributed by atoms with Gasteiger partial charge in [-0.25, -0.2) is 4.98 Å². The number of aromatic nitrogens is 2. The van der Waals surface area contributed by atoms with E-state index in [0.717, 1.165) is 43.8 Å². The molecule has 1 aromatic heterocycles. The fourth-order valence-corrected chi connectivity index (χ4v) is 3.01. The smallest absolute Gasteiger partial charge is 0.290 e. The lowest BCUT2D eigenvalue weighted by Gasteiger charge is -2.33. The molecule has 1 aliphatic rings. The Morgan fingerprint density at radius 2 is 2.30 bits per heavy atom. The first-order valence-corrected chi connectivity index (χ1v) is 7.92. The van der Waals surface area contributed by atoms with Gasteiger partial charge in [0.15, 0.2) is 5.82 Å². The highest BCUT2D eigenvalue weighted by atomic mass is 16.5. The molecule has 0 amide bonds. The zero-order valence-electron chi connectivity index (χ0n) is 13.3. The highest BCUT2D eigenvalue weighted by Crippen LogP contribution is 2.19. The van der Waals surface area contributed by atoms with E-state index < -0.39 is 0 Å². The average Bonchev–Trinajstić information content (AvgIpc) is 2.61. The first-order chi connectivity index (χ1) is 11.3. The van der Waals surface area contributed by atoms with Crippen molar-refractivity contribution in [3.8, 4) is 5.75 Å². The highest BCUT2D eigenvalue weighted by molar-refractivity contribution is 5.36. The predicted octanol–water partition coefficient (Wildman–Crippen LogP) is 1.54. The largest absolute Gasteiger partial charge is 0.496 e. The molecule has 1 aromatic carbocycles. The molecule has 2 N–H and O–H groups in total. The van der Waals surface area contributed by atoms with E-state index in [1.165, 1.54) is 0 Å². The lowest BCUT2D eigenvalue weighted by Crippen LogP contribution is -2.47. The minimum absolute atomic E-state index is 0.127. The van der Waals surface area contributed by atoms with Gasteiger partial charge < -0.3 is 19.9 Å². The maximum atomic E-state index is 11.9. The molecule has 0 radical (unpaired) electrons. The maximum absolute atomic E-state index is 11.9. The molecule has 23 heavy (non-hydrogen) atoms. The van der Waals surface area contributed by atoms with Gasteiger partial charge in [0.2, 0.25) is 0 Å². The van der Waals surface area contributed by atoms with Gasteiger partial charge in [0.05, 0.1) is 7.11 Å². The predicted molar refractivity (Wildman–Crippen MR) is 89.9 cm³/mol. The quantitative estimate of drug-likeness (QED) is 0.876. The van der Waals surface area contributed by atoms with Crippen molar-refractivity contribution < 1.29 is 4.74 Å². The summed E-state index contributed by atoms with van der Waals surface area (Å²) in [6, 6.07) is 8.35. The van der Waals surface area contributed by atoms with Gasteiger partial charge in [-0.1, -0.05) is 18.2 Å². The van der Waals surface area contributed by atoms with E-state index >= 15 is 0 Å². The van der Waals surface area contributed by atoms with Gasteiger partial charge in [0.1, 0.15) is 5.75 Å². The standard InChI is InChI=1S/C17H22N4O2/c1-23-15-7-3-2-5-13(15)11-20-14-6-4-10-21(12-14)16-17(22)19-9-8-18-16/h2-3,5,7-9,14,20H,4,6,10-12H2,1H3,(H,19,22)/t14-/m1/s1. The van der Waals surface area contributed by atoms with Gasteiger partial charge in [0, 0.05) is 43.6 Å². The van der Waals surface area contributed by atoms with Crippen LogP contribution in [0.2, 0.25) is 0 Å². The number of para-hydroxylation sites is 1. The molecule has 122 valence electrons. The normalized spacial score (nSPS) is 18.0. The second-order valence-electron chi connectivity index (χ2n) is 5.72. The number of H-pyrrole nitrogens is 1. The summed E-state index contributed by atoms with van der Waals surface area (Å²) in [7, 11) is 1.69. The van der Waals surface area contributed by atoms with Crippen molar-refractivity contribution in [3.05, 3.63) is 52.6 Å². The van der Waals surface area contributed by atoms with Crippen LogP contribution >= 0.6 is 0 Å². The Bertz CT molecular complexity index is 701. The molecule has 0 aliphatic carbocycles.